The van der Waals surface area contributed by atoms with Gasteiger partial charge in [0, 0.05) is 20.1 Å². The molecule has 0 unspecified atom stereocenters. The van der Waals surface area contributed by atoms with Crippen LogP contribution in [0.1, 0.15) is 17.4 Å². The van der Waals surface area contributed by atoms with Crippen molar-refractivity contribution in [1.29, 1.82) is 0 Å². The maximum atomic E-state index is 11.7. The SMILES string of the molecule is CCNS(=O)(=O)CCNC(=O)c1nn(C)c(Cl)c1Cl. The summed E-state index contributed by atoms with van der Waals surface area (Å²) in [6.07, 6.45) is 0. The van der Waals surface area contributed by atoms with Gasteiger partial charge in [0.2, 0.25) is 10.0 Å². The maximum absolute atomic E-state index is 11.7. The molecule has 0 aliphatic rings. The molecule has 0 saturated carbocycles. The fourth-order valence-corrected chi connectivity index (χ4v) is 2.63. The smallest absolute Gasteiger partial charge is 0.273 e. The van der Waals surface area contributed by atoms with E-state index < -0.39 is 15.9 Å². The molecule has 0 spiro atoms. The number of rotatable bonds is 6. The van der Waals surface area contributed by atoms with Crippen molar-refractivity contribution in [1.82, 2.24) is 19.8 Å². The molecule has 2 N–H and O–H groups in total. The molecule has 0 aliphatic carbocycles. The molecule has 108 valence electrons. The summed E-state index contributed by atoms with van der Waals surface area (Å²) in [5.74, 6) is -0.788. The van der Waals surface area contributed by atoms with E-state index in [1.807, 2.05) is 0 Å². The number of nitrogens with one attached hydrogen (secondary N) is 2. The second-order valence-corrected chi connectivity index (χ2v) is 6.31. The van der Waals surface area contributed by atoms with Gasteiger partial charge in [-0.25, -0.2) is 13.1 Å². The highest BCUT2D eigenvalue weighted by Crippen LogP contribution is 2.24. The van der Waals surface area contributed by atoms with E-state index in [0.717, 1.165) is 0 Å². The Morgan fingerprint density at radius 3 is 2.53 bits per heavy atom. The number of hydrogen-bond acceptors (Lipinski definition) is 4. The zero-order valence-electron chi connectivity index (χ0n) is 10.4. The molecule has 0 saturated heterocycles. The van der Waals surface area contributed by atoms with Crippen LogP contribution >= 0.6 is 23.2 Å². The van der Waals surface area contributed by atoms with Gasteiger partial charge < -0.3 is 5.32 Å². The van der Waals surface area contributed by atoms with E-state index in [-0.39, 0.29) is 28.2 Å². The summed E-state index contributed by atoms with van der Waals surface area (Å²) < 4.78 is 26.3. The van der Waals surface area contributed by atoms with Crippen LogP contribution in [0.4, 0.5) is 0 Å². The Bertz CT molecular complexity index is 570. The molecule has 0 radical (unpaired) electrons. The first-order valence-corrected chi connectivity index (χ1v) is 7.83. The van der Waals surface area contributed by atoms with Gasteiger partial charge in [0.05, 0.1) is 5.75 Å². The molecule has 1 amide bonds. The number of aryl methyl sites for hydroxylation is 1. The molecule has 1 aromatic rings. The van der Waals surface area contributed by atoms with E-state index in [0.29, 0.717) is 6.54 Å². The Morgan fingerprint density at radius 2 is 2.05 bits per heavy atom. The summed E-state index contributed by atoms with van der Waals surface area (Å²) in [6.45, 7) is 1.93. The molecule has 0 aliphatic heterocycles. The molecule has 0 aromatic carbocycles. The van der Waals surface area contributed by atoms with Gasteiger partial charge in [0.15, 0.2) is 5.69 Å². The maximum Gasteiger partial charge on any atom is 0.273 e. The predicted molar refractivity (Wildman–Crippen MR) is 73.0 cm³/mol. The highest BCUT2D eigenvalue weighted by atomic mass is 35.5. The molecular weight excluding hydrogens is 315 g/mol. The van der Waals surface area contributed by atoms with Crippen LogP contribution in [0.2, 0.25) is 10.2 Å². The van der Waals surface area contributed by atoms with Crippen LogP contribution < -0.4 is 10.0 Å². The Hall–Kier alpha value is -0.830. The van der Waals surface area contributed by atoms with E-state index in [9.17, 15) is 13.2 Å². The van der Waals surface area contributed by atoms with Gasteiger partial charge >= 0.3 is 0 Å². The van der Waals surface area contributed by atoms with Gasteiger partial charge in [-0.3, -0.25) is 9.48 Å². The van der Waals surface area contributed by atoms with Crippen molar-refractivity contribution in [2.45, 2.75) is 6.92 Å². The number of amides is 1. The second-order valence-electron chi connectivity index (χ2n) is 3.65. The number of aromatic nitrogens is 2. The third-order valence-corrected chi connectivity index (χ3v) is 4.52. The van der Waals surface area contributed by atoms with E-state index >= 15 is 0 Å². The van der Waals surface area contributed by atoms with Crippen molar-refractivity contribution in [3.8, 4) is 0 Å². The van der Waals surface area contributed by atoms with Crippen molar-refractivity contribution in [3.63, 3.8) is 0 Å². The molecular formula is C9H14Cl2N4O3S. The largest absolute Gasteiger partial charge is 0.350 e. The van der Waals surface area contributed by atoms with E-state index in [1.165, 1.54) is 4.68 Å². The lowest BCUT2D eigenvalue weighted by Crippen LogP contribution is -2.34. The minimum absolute atomic E-state index is 0.0324. The molecule has 10 heteroatoms. The van der Waals surface area contributed by atoms with Gasteiger partial charge in [-0.2, -0.15) is 5.10 Å². The molecule has 1 heterocycles. The Labute approximate surface area is 121 Å². The predicted octanol–water partition coefficient (Wildman–Crippen LogP) is 0.396. The van der Waals surface area contributed by atoms with E-state index in [4.69, 9.17) is 23.2 Å². The van der Waals surface area contributed by atoms with Gasteiger partial charge in [0.1, 0.15) is 10.2 Å². The summed E-state index contributed by atoms with van der Waals surface area (Å²) in [6, 6.07) is 0. The van der Waals surface area contributed by atoms with Crippen LogP contribution in [0.15, 0.2) is 0 Å². The first kappa shape index (κ1) is 16.2. The monoisotopic (exact) mass is 328 g/mol. The Morgan fingerprint density at radius 1 is 1.42 bits per heavy atom. The highest BCUT2D eigenvalue weighted by Gasteiger charge is 2.19. The third-order valence-electron chi connectivity index (χ3n) is 2.16. The van der Waals surface area contributed by atoms with Gasteiger partial charge in [0.25, 0.3) is 5.91 Å². The lowest BCUT2D eigenvalue weighted by Gasteiger charge is -2.05. The van der Waals surface area contributed by atoms with Gasteiger partial charge in [-0.05, 0) is 0 Å². The minimum atomic E-state index is -3.37. The average molecular weight is 329 g/mol. The van der Waals surface area contributed by atoms with Crippen molar-refractivity contribution in [3.05, 3.63) is 15.9 Å². The van der Waals surface area contributed by atoms with Crippen LogP contribution in [0.5, 0.6) is 0 Å². The number of halogens is 2. The average Bonchev–Trinajstić information content (AvgIpc) is 2.56. The molecule has 19 heavy (non-hydrogen) atoms. The lowest BCUT2D eigenvalue weighted by molar-refractivity contribution is 0.0950. The normalized spacial score (nSPS) is 11.6. The van der Waals surface area contributed by atoms with Crippen molar-refractivity contribution in [2.24, 2.45) is 7.05 Å². The molecule has 0 fully saturated rings. The fourth-order valence-electron chi connectivity index (χ4n) is 1.30. The molecule has 1 aromatic heterocycles. The van der Waals surface area contributed by atoms with Gasteiger partial charge in [-0.15, -0.1) is 0 Å². The Balaban J connectivity index is 2.59. The van der Waals surface area contributed by atoms with Crippen LogP contribution in [0.25, 0.3) is 0 Å². The number of hydrogen-bond donors (Lipinski definition) is 2. The van der Waals surface area contributed by atoms with E-state index in [2.05, 4.69) is 15.1 Å². The summed E-state index contributed by atoms with van der Waals surface area (Å²) in [4.78, 5) is 11.7. The Kier molecular flexibility index (Phi) is 5.60. The first-order valence-electron chi connectivity index (χ1n) is 5.42. The van der Waals surface area contributed by atoms with Crippen molar-refractivity contribution < 1.29 is 13.2 Å². The zero-order valence-corrected chi connectivity index (χ0v) is 12.7. The summed E-state index contributed by atoms with van der Waals surface area (Å²) in [7, 11) is -1.83. The van der Waals surface area contributed by atoms with Crippen molar-refractivity contribution >= 4 is 39.1 Å². The number of carbonyl (C=O) groups excluding carboxylic acids is 1. The first-order chi connectivity index (χ1) is 8.78. The molecule has 1 rings (SSSR count). The quantitative estimate of drug-likeness (QED) is 0.790. The van der Waals surface area contributed by atoms with Crippen LogP contribution in [-0.2, 0) is 17.1 Å². The standard InChI is InChI=1S/C9H14Cl2N4O3S/c1-3-13-19(17,18)5-4-12-9(16)7-6(10)8(11)15(2)14-7/h13H,3-5H2,1-2H3,(H,12,16). The number of nitrogens with zero attached hydrogens (tertiary/aromatic N) is 2. The van der Waals surface area contributed by atoms with Gasteiger partial charge in [-0.1, -0.05) is 30.1 Å². The number of carbonyl (C=O) groups is 1. The van der Waals surface area contributed by atoms with Crippen LogP contribution in [0, 0.1) is 0 Å². The van der Waals surface area contributed by atoms with E-state index in [1.54, 1.807) is 14.0 Å². The summed E-state index contributed by atoms with van der Waals surface area (Å²) in [5, 5.41) is 6.44. The van der Waals surface area contributed by atoms with Crippen LogP contribution in [-0.4, -0.2) is 42.9 Å². The molecule has 0 bridgehead atoms. The lowest BCUT2D eigenvalue weighted by atomic mass is 10.4. The number of sulfonamides is 1. The molecule has 7 nitrogen and oxygen atoms in total. The highest BCUT2D eigenvalue weighted by molar-refractivity contribution is 7.89. The summed E-state index contributed by atoms with van der Waals surface area (Å²) in [5.41, 5.74) is -0.0324. The second kappa shape index (κ2) is 6.56. The summed E-state index contributed by atoms with van der Waals surface area (Å²) >= 11 is 11.6. The molecule has 0 atom stereocenters. The fraction of sp³-hybridized carbons (Fsp3) is 0.556. The topological polar surface area (TPSA) is 93.1 Å². The van der Waals surface area contributed by atoms with Crippen molar-refractivity contribution in [2.75, 3.05) is 18.8 Å². The zero-order chi connectivity index (χ0) is 14.6. The third kappa shape index (κ3) is 4.34. The minimum Gasteiger partial charge on any atom is -0.350 e. The van der Waals surface area contributed by atoms with Crippen LogP contribution in [0.3, 0.4) is 0 Å².